The molecule has 0 spiro atoms. The highest BCUT2D eigenvalue weighted by Crippen LogP contribution is 2.22. The summed E-state index contributed by atoms with van der Waals surface area (Å²) in [6, 6.07) is 16.2. The van der Waals surface area contributed by atoms with Crippen LogP contribution in [0.2, 0.25) is 0 Å². The summed E-state index contributed by atoms with van der Waals surface area (Å²) in [6.07, 6.45) is 0. The zero-order chi connectivity index (χ0) is 18.4. The largest absolute Gasteiger partial charge is 0.383 e. The second kappa shape index (κ2) is 9.50. The number of ether oxygens (including phenoxy) is 1. The molecular formula is C19H19BrN2O2S2. The molecule has 0 aliphatic rings. The molecule has 1 amide bonds. The number of thiazole rings is 1. The van der Waals surface area contributed by atoms with Gasteiger partial charge >= 0.3 is 0 Å². The normalized spacial score (nSPS) is 12.0. The molecule has 7 heteroatoms. The first-order chi connectivity index (χ1) is 12.7. The maximum atomic E-state index is 12.3. The zero-order valence-corrected chi connectivity index (χ0v) is 17.6. The molecule has 0 saturated heterocycles. The average molecular weight is 451 g/mol. The quantitative estimate of drug-likeness (QED) is 0.533. The Kier molecular flexibility index (Phi) is 7.07. The van der Waals surface area contributed by atoms with Gasteiger partial charge in [0.1, 0.15) is 0 Å². The third kappa shape index (κ3) is 5.07. The first kappa shape index (κ1) is 19.4. The number of halogens is 1. The standard InChI is InChI=1S/C19H19BrN2O2S2/c1-24-10-9-22-16-8-7-15(20)11-17(16)26-19(22)21-18(23)13-25-12-14-5-3-2-4-6-14/h2-8,11H,9-10,12-13H2,1H3. The number of rotatable bonds is 7. The molecule has 0 saturated carbocycles. The lowest BCUT2D eigenvalue weighted by Gasteiger charge is -2.04. The molecule has 136 valence electrons. The molecule has 1 heterocycles. The molecule has 2 aromatic carbocycles. The van der Waals surface area contributed by atoms with Gasteiger partial charge in [-0.3, -0.25) is 4.79 Å². The van der Waals surface area contributed by atoms with Crippen molar-refractivity contribution in [2.45, 2.75) is 12.3 Å². The van der Waals surface area contributed by atoms with Gasteiger partial charge in [0.15, 0.2) is 4.80 Å². The lowest BCUT2D eigenvalue weighted by molar-refractivity contribution is -0.115. The molecule has 4 nitrogen and oxygen atoms in total. The van der Waals surface area contributed by atoms with Gasteiger partial charge in [0.2, 0.25) is 0 Å². The first-order valence-corrected chi connectivity index (χ1v) is 10.9. The number of benzene rings is 2. The lowest BCUT2D eigenvalue weighted by Crippen LogP contribution is -2.19. The topological polar surface area (TPSA) is 43.6 Å². The molecular weight excluding hydrogens is 432 g/mol. The summed E-state index contributed by atoms with van der Waals surface area (Å²) in [5.41, 5.74) is 2.28. The molecule has 0 fully saturated rings. The third-order valence-corrected chi connectivity index (χ3v) is 6.24. The number of nitrogens with zero attached hydrogens (tertiary/aromatic N) is 2. The summed E-state index contributed by atoms with van der Waals surface area (Å²) in [6.45, 7) is 1.24. The third-order valence-electron chi connectivity index (χ3n) is 3.72. The first-order valence-electron chi connectivity index (χ1n) is 8.14. The minimum absolute atomic E-state index is 0.109. The van der Waals surface area contributed by atoms with Gasteiger partial charge < -0.3 is 9.30 Å². The van der Waals surface area contributed by atoms with E-state index in [-0.39, 0.29) is 5.91 Å². The van der Waals surface area contributed by atoms with Gasteiger partial charge in [-0.1, -0.05) is 57.6 Å². The highest BCUT2D eigenvalue weighted by Gasteiger charge is 2.08. The number of hydrogen-bond donors (Lipinski definition) is 0. The molecule has 0 aliphatic carbocycles. The Hall–Kier alpha value is -1.41. The highest BCUT2D eigenvalue weighted by atomic mass is 79.9. The van der Waals surface area contributed by atoms with Crippen LogP contribution in [-0.2, 0) is 21.8 Å². The van der Waals surface area contributed by atoms with Gasteiger partial charge in [0.25, 0.3) is 5.91 Å². The molecule has 0 atom stereocenters. The van der Waals surface area contributed by atoms with Crippen molar-refractivity contribution >= 4 is 55.2 Å². The fraction of sp³-hybridized carbons (Fsp3) is 0.263. The van der Waals surface area contributed by atoms with Crippen molar-refractivity contribution in [3.8, 4) is 0 Å². The highest BCUT2D eigenvalue weighted by molar-refractivity contribution is 9.10. The number of thioether (sulfide) groups is 1. The predicted molar refractivity (Wildman–Crippen MR) is 113 cm³/mol. The number of amides is 1. The van der Waals surface area contributed by atoms with Crippen LogP contribution >= 0.6 is 39.0 Å². The molecule has 0 unspecified atom stereocenters. The SMILES string of the molecule is COCCn1c(=NC(=O)CSCc2ccccc2)sc2cc(Br)ccc21. The second-order valence-electron chi connectivity index (χ2n) is 5.63. The van der Waals surface area contributed by atoms with Gasteiger partial charge in [-0.25, -0.2) is 0 Å². The Balaban J connectivity index is 1.77. The van der Waals surface area contributed by atoms with E-state index in [9.17, 15) is 4.79 Å². The van der Waals surface area contributed by atoms with E-state index in [2.05, 4.69) is 43.7 Å². The summed E-state index contributed by atoms with van der Waals surface area (Å²) in [5, 5.41) is 0. The van der Waals surface area contributed by atoms with Crippen LogP contribution in [0.1, 0.15) is 5.56 Å². The maximum Gasteiger partial charge on any atom is 0.258 e. The van der Waals surface area contributed by atoms with Crippen LogP contribution < -0.4 is 4.80 Å². The summed E-state index contributed by atoms with van der Waals surface area (Å²) >= 11 is 6.61. The summed E-state index contributed by atoms with van der Waals surface area (Å²) < 4.78 is 9.37. The van der Waals surface area contributed by atoms with E-state index in [0.717, 1.165) is 25.2 Å². The van der Waals surface area contributed by atoms with Crippen molar-refractivity contribution in [1.82, 2.24) is 4.57 Å². The summed E-state index contributed by atoms with van der Waals surface area (Å²) in [7, 11) is 1.67. The smallest absolute Gasteiger partial charge is 0.258 e. The minimum Gasteiger partial charge on any atom is -0.383 e. The molecule has 0 radical (unpaired) electrons. The van der Waals surface area contributed by atoms with Crippen LogP contribution in [0, 0.1) is 0 Å². The van der Waals surface area contributed by atoms with E-state index in [4.69, 9.17) is 4.74 Å². The molecule has 0 aliphatic heterocycles. The van der Waals surface area contributed by atoms with Crippen molar-refractivity contribution in [1.29, 1.82) is 0 Å². The fourth-order valence-electron chi connectivity index (χ4n) is 2.50. The van der Waals surface area contributed by atoms with Gasteiger partial charge in [-0.15, -0.1) is 11.8 Å². The fourth-order valence-corrected chi connectivity index (χ4v) is 4.90. The van der Waals surface area contributed by atoms with E-state index in [1.807, 2.05) is 30.3 Å². The summed E-state index contributed by atoms with van der Waals surface area (Å²) in [4.78, 5) is 17.4. The molecule has 3 rings (SSSR count). The second-order valence-corrected chi connectivity index (χ2v) is 8.54. The van der Waals surface area contributed by atoms with Crippen molar-refractivity contribution < 1.29 is 9.53 Å². The van der Waals surface area contributed by atoms with E-state index in [1.165, 1.54) is 16.9 Å². The van der Waals surface area contributed by atoms with Crippen molar-refractivity contribution in [2.75, 3.05) is 19.5 Å². The Morgan fingerprint density at radius 3 is 2.85 bits per heavy atom. The van der Waals surface area contributed by atoms with E-state index in [1.54, 1.807) is 18.9 Å². The van der Waals surface area contributed by atoms with Gasteiger partial charge in [0.05, 0.1) is 22.6 Å². The van der Waals surface area contributed by atoms with Crippen molar-refractivity contribution in [3.05, 3.63) is 63.4 Å². The number of carbonyl (C=O) groups excluding carboxylic acids is 1. The van der Waals surface area contributed by atoms with E-state index >= 15 is 0 Å². The van der Waals surface area contributed by atoms with Gasteiger partial charge in [-0.05, 0) is 23.8 Å². The number of fused-ring (bicyclic) bond motifs is 1. The van der Waals surface area contributed by atoms with Crippen LogP contribution in [0.25, 0.3) is 10.2 Å². The number of aromatic nitrogens is 1. The average Bonchev–Trinajstić information content (AvgIpc) is 2.96. The van der Waals surface area contributed by atoms with Gasteiger partial charge in [-0.2, -0.15) is 4.99 Å². The summed E-state index contributed by atoms with van der Waals surface area (Å²) in [5.74, 6) is 1.07. The maximum absolute atomic E-state index is 12.3. The molecule has 0 N–H and O–H groups in total. The van der Waals surface area contributed by atoms with Crippen LogP contribution in [0.4, 0.5) is 0 Å². The molecule has 26 heavy (non-hydrogen) atoms. The van der Waals surface area contributed by atoms with E-state index in [0.29, 0.717) is 18.9 Å². The van der Waals surface area contributed by atoms with Gasteiger partial charge in [0, 0.05) is 23.9 Å². The Morgan fingerprint density at radius 2 is 2.08 bits per heavy atom. The predicted octanol–water partition coefficient (Wildman–Crippen LogP) is 4.47. The van der Waals surface area contributed by atoms with Crippen LogP contribution in [0.5, 0.6) is 0 Å². The monoisotopic (exact) mass is 450 g/mol. The van der Waals surface area contributed by atoms with Crippen LogP contribution in [0.15, 0.2) is 58.0 Å². The van der Waals surface area contributed by atoms with E-state index < -0.39 is 0 Å². The Bertz CT molecular complexity index is 951. The minimum atomic E-state index is -0.109. The van der Waals surface area contributed by atoms with Crippen molar-refractivity contribution in [2.24, 2.45) is 4.99 Å². The van der Waals surface area contributed by atoms with Crippen molar-refractivity contribution in [3.63, 3.8) is 0 Å². The molecule has 3 aromatic rings. The molecule has 0 bridgehead atoms. The Morgan fingerprint density at radius 1 is 1.27 bits per heavy atom. The number of carbonyl (C=O) groups is 1. The number of methoxy groups -OCH3 is 1. The zero-order valence-electron chi connectivity index (χ0n) is 14.4. The Labute approximate surface area is 169 Å². The van der Waals surface area contributed by atoms with Crippen LogP contribution in [-0.4, -0.2) is 29.9 Å². The number of hydrogen-bond acceptors (Lipinski definition) is 4. The lowest BCUT2D eigenvalue weighted by atomic mass is 10.2. The molecule has 1 aromatic heterocycles. The van der Waals surface area contributed by atoms with Crippen LogP contribution in [0.3, 0.4) is 0 Å².